The van der Waals surface area contributed by atoms with Crippen LogP contribution in [-0.4, -0.2) is 17.7 Å². The molecule has 16 heavy (non-hydrogen) atoms. The molecule has 0 unspecified atom stereocenters. The highest BCUT2D eigenvalue weighted by atomic mass is 16.6. The molecule has 2 N–H and O–H groups in total. The number of benzene rings is 1. The third-order valence-corrected chi connectivity index (χ3v) is 2.06. The van der Waals surface area contributed by atoms with Gasteiger partial charge in [-0.25, -0.2) is 0 Å². The minimum Gasteiger partial charge on any atom is -0.365 e. The van der Waals surface area contributed by atoms with Crippen molar-refractivity contribution in [2.75, 3.05) is 11.9 Å². The Morgan fingerprint density at radius 1 is 1.44 bits per heavy atom. The Morgan fingerprint density at radius 2 is 2.25 bits per heavy atom. The number of rotatable bonds is 3. The summed E-state index contributed by atoms with van der Waals surface area (Å²) < 4.78 is 0. The number of para-hydroxylation sites is 2. The van der Waals surface area contributed by atoms with Crippen molar-refractivity contribution in [3.63, 3.8) is 0 Å². The fourth-order valence-corrected chi connectivity index (χ4v) is 1.34. The Balaban J connectivity index is 2.23. The van der Waals surface area contributed by atoms with Crippen LogP contribution in [-0.2, 0) is 0 Å². The van der Waals surface area contributed by atoms with Crippen molar-refractivity contribution in [3.05, 3.63) is 46.4 Å². The molecule has 1 aromatic carbocycles. The average molecular weight is 218 g/mol. The summed E-state index contributed by atoms with van der Waals surface area (Å²) in [4.78, 5) is 14.3. The van der Waals surface area contributed by atoms with E-state index in [4.69, 9.17) is 0 Å². The number of hydrogen-bond acceptors (Lipinski definition) is 5. The fourth-order valence-electron chi connectivity index (χ4n) is 1.34. The molecule has 0 saturated carbocycles. The van der Waals surface area contributed by atoms with Crippen LogP contribution in [0.2, 0.25) is 0 Å². The molecular weight excluding hydrogens is 208 g/mol. The van der Waals surface area contributed by atoms with Crippen molar-refractivity contribution < 1.29 is 4.92 Å². The zero-order chi connectivity index (χ0) is 11.4. The lowest BCUT2D eigenvalue weighted by molar-refractivity contribution is -0.383. The lowest BCUT2D eigenvalue weighted by Gasteiger charge is -2.13. The summed E-state index contributed by atoms with van der Waals surface area (Å²) in [5.41, 5.74) is 0.489. The fraction of sp³-hybridized carbons (Fsp3) is 0.100. The van der Waals surface area contributed by atoms with Gasteiger partial charge in [0.15, 0.2) is 0 Å². The normalized spacial score (nSPS) is 13.9. The third kappa shape index (κ3) is 2.17. The number of nitro benzene ring substituents is 1. The maximum Gasteiger partial charge on any atom is 0.292 e. The molecule has 82 valence electrons. The largest absolute Gasteiger partial charge is 0.365 e. The van der Waals surface area contributed by atoms with Crippen LogP contribution in [0, 0.1) is 10.1 Å². The number of nitro groups is 1. The predicted molar refractivity (Wildman–Crippen MR) is 61.3 cm³/mol. The lowest BCUT2D eigenvalue weighted by Crippen LogP contribution is -2.24. The van der Waals surface area contributed by atoms with E-state index in [1.54, 1.807) is 30.6 Å². The van der Waals surface area contributed by atoms with Crippen LogP contribution in [0.3, 0.4) is 0 Å². The van der Waals surface area contributed by atoms with Gasteiger partial charge in [-0.05, 0) is 6.07 Å². The molecule has 1 heterocycles. The van der Waals surface area contributed by atoms with E-state index in [9.17, 15) is 10.1 Å². The van der Waals surface area contributed by atoms with E-state index in [1.807, 2.05) is 0 Å². The molecule has 1 aromatic rings. The Morgan fingerprint density at radius 3 is 2.94 bits per heavy atom. The summed E-state index contributed by atoms with van der Waals surface area (Å²) in [6, 6.07) is 6.47. The van der Waals surface area contributed by atoms with Crippen LogP contribution >= 0.6 is 0 Å². The van der Waals surface area contributed by atoms with Crippen LogP contribution in [0.1, 0.15) is 0 Å². The first kappa shape index (κ1) is 10.2. The van der Waals surface area contributed by atoms with Gasteiger partial charge in [-0.1, -0.05) is 12.1 Å². The first-order chi connectivity index (χ1) is 7.77. The Bertz CT molecular complexity index is 468. The van der Waals surface area contributed by atoms with Crippen molar-refractivity contribution >= 4 is 17.6 Å². The smallest absolute Gasteiger partial charge is 0.292 e. The second-order valence-electron chi connectivity index (χ2n) is 3.15. The van der Waals surface area contributed by atoms with Gasteiger partial charge in [0.25, 0.3) is 5.69 Å². The molecule has 1 aliphatic rings. The highest BCUT2D eigenvalue weighted by Crippen LogP contribution is 2.24. The van der Waals surface area contributed by atoms with Gasteiger partial charge in [-0.2, -0.15) is 0 Å². The monoisotopic (exact) mass is 218 g/mol. The molecule has 1 aliphatic heterocycles. The van der Waals surface area contributed by atoms with Crippen LogP contribution < -0.4 is 10.6 Å². The maximum absolute atomic E-state index is 10.8. The Labute approximate surface area is 91.8 Å². The Kier molecular flexibility index (Phi) is 2.81. The first-order valence-corrected chi connectivity index (χ1v) is 4.73. The van der Waals surface area contributed by atoms with Gasteiger partial charge >= 0.3 is 0 Å². The third-order valence-electron chi connectivity index (χ3n) is 2.06. The summed E-state index contributed by atoms with van der Waals surface area (Å²) in [7, 11) is 0. The van der Waals surface area contributed by atoms with E-state index in [2.05, 4.69) is 15.6 Å². The zero-order valence-electron chi connectivity index (χ0n) is 8.38. The second kappa shape index (κ2) is 4.43. The quantitative estimate of drug-likeness (QED) is 0.594. The molecule has 0 atom stereocenters. The van der Waals surface area contributed by atoms with E-state index in [0.717, 1.165) is 0 Å². The number of aliphatic imine (C=N–C) groups is 1. The number of nitrogens with zero attached hydrogens (tertiary/aromatic N) is 2. The van der Waals surface area contributed by atoms with Crippen LogP contribution in [0.4, 0.5) is 11.4 Å². The summed E-state index contributed by atoms with van der Waals surface area (Å²) in [5.74, 6) is 0.650. The molecule has 6 heteroatoms. The van der Waals surface area contributed by atoms with Gasteiger partial charge in [-0.15, -0.1) is 0 Å². The van der Waals surface area contributed by atoms with Crippen LogP contribution in [0.5, 0.6) is 0 Å². The highest BCUT2D eigenvalue weighted by molar-refractivity contribution is 5.66. The minimum absolute atomic E-state index is 0.0414. The van der Waals surface area contributed by atoms with Crippen molar-refractivity contribution in [1.29, 1.82) is 0 Å². The molecule has 2 rings (SSSR count). The highest BCUT2D eigenvalue weighted by Gasteiger charge is 2.13. The lowest BCUT2D eigenvalue weighted by atomic mass is 10.2. The molecule has 0 fully saturated rings. The average Bonchev–Trinajstić information content (AvgIpc) is 2.31. The molecule has 6 nitrogen and oxygen atoms in total. The summed E-state index contributed by atoms with van der Waals surface area (Å²) in [6.07, 6.45) is 3.30. The molecule has 0 amide bonds. The molecule has 0 saturated heterocycles. The van der Waals surface area contributed by atoms with E-state index in [0.29, 0.717) is 18.1 Å². The second-order valence-corrected chi connectivity index (χ2v) is 3.15. The van der Waals surface area contributed by atoms with E-state index >= 15 is 0 Å². The molecule has 0 aromatic heterocycles. The van der Waals surface area contributed by atoms with E-state index < -0.39 is 4.92 Å². The van der Waals surface area contributed by atoms with Gasteiger partial charge in [0.2, 0.25) is 0 Å². The van der Waals surface area contributed by atoms with Crippen molar-refractivity contribution in [3.8, 4) is 0 Å². The zero-order valence-corrected chi connectivity index (χ0v) is 8.38. The van der Waals surface area contributed by atoms with Crippen molar-refractivity contribution in [1.82, 2.24) is 5.32 Å². The molecule has 0 radical (unpaired) electrons. The molecule has 0 bridgehead atoms. The predicted octanol–water partition coefficient (Wildman–Crippen LogP) is 1.48. The van der Waals surface area contributed by atoms with Gasteiger partial charge < -0.3 is 10.6 Å². The summed E-state index contributed by atoms with van der Waals surface area (Å²) in [5, 5.41) is 16.7. The maximum atomic E-state index is 10.8. The van der Waals surface area contributed by atoms with Gasteiger partial charge in [0, 0.05) is 12.3 Å². The van der Waals surface area contributed by atoms with Crippen molar-refractivity contribution in [2.45, 2.75) is 0 Å². The first-order valence-electron chi connectivity index (χ1n) is 4.73. The molecular formula is C10H10N4O2. The van der Waals surface area contributed by atoms with Gasteiger partial charge in [0.05, 0.1) is 17.7 Å². The van der Waals surface area contributed by atoms with Crippen molar-refractivity contribution in [2.24, 2.45) is 4.99 Å². The molecule has 0 aliphatic carbocycles. The Hall–Kier alpha value is -2.37. The number of hydrogen-bond donors (Lipinski definition) is 2. The van der Waals surface area contributed by atoms with Gasteiger partial charge in [-0.3, -0.25) is 15.1 Å². The number of nitrogens with one attached hydrogen (secondary N) is 2. The topological polar surface area (TPSA) is 79.6 Å². The summed E-state index contributed by atoms with van der Waals surface area (Å²) >= 11 is 0. The van der Waals surface area contributed by atoms with E-state index in [1.165, 1.54) is 6.07 Å². The standard InChI is InChI=1S/C10H10N4O2/c15-14(16)9-4-2-1-3-8(9)13-10-7-11-5-6-12-10/h1-5,7,12-13H,6H2. The van der Waals surface area contributed by atoms with Crippen LogP contribution in [0.15, 0.2) is 41.3 Å². The SMILES string of the molecule is O=[N+]([O-])c1ccccc1NC1=CN=CCN1. The van der Waals surface area contributed by atoms with Crippen LogP contribution in [0.25, 0.3) is 0 Å². The molecule has 0 spiro atoms. The van der Waals surface area contributed by atoms with E-state index in [-0.39, 0.29) is 5.69 Å². The number of anilines is 1. The minimum atomic E-state index is -0.422. The van der Waals surface area contributed by atoms with Gasteiger partial charge in [0.1, 0.15) is 11.5 Å². The summed E-state index contributed by atoms with van der Waals surface area (Å²) in [6.45, 7) is 0.611.